The Balaban J connectivity index is 1.30. The van der Waals surface area contributed by atoms with E-state index in [1.807, 2.05) is 25.1 Å². The first-order chi connectivity index (χ1) is 14.0. The molecule has 8 nitrogen and oxygen atoms in total. The lowest BCUT2D eigenvalue weighted by Gasteiger charge is -2.36. The fourth-order valence-corrected chi connectivity index (χ4v) is 4.85. The molecule has 3 heterocycles. The van der Waals surface area contributed by atoms with Gasteiger partial charge in [-0.05, 0) is 43.7 Å². The average molecular weight is 399 g/mol. The van der Waals surface area contributed by atoms with E-state index in [4.69, 9.17) is 0 Å². The van der Waals surface area contributed by atoms with Crippen molar-refractivity contribution in [2.24, 2.45) is 5.92 Å². The van der Waals surface area contributed by atoms with Gasteiger partial charge in [-0.25, -0.2) is 9.78 Å². The summed E-state index contributed by atoms with van der Waals surface area (Å²) >= 11 is 0. The van der Waals surface area contributed by atoms with Gasteiger partial charge in [0.2, 0.25) is 5.91 Å². The van der Waals surface area contributed by atoms with Crippen molar-refractivity contribution in [1.82, 2.24) is 20.5 Å². The summed E-state index contributed by atoms with van der Waals surface area (Å²) in [6, 6.07) is 5.45. The fourth-order valence-electron chi connectivity index (χ4n) is 4.85. The van der Waals surface area contributed by atoms with Crippen molar-refractivity contribution in [3.63, 3.8) is 0 Å². The number of rotatable bonds is 4. The van der Waals surface area contributed by atoms with Gasteiger partial charge >= 0.3 is 6.03 Å². The maximum Gasteiger partial charge on any atom is 0.325 e. The first-order valence-electron chi connectivity index (χ1n) is 10.6. The number of aromatic nitrogens is 1. The number of anilines is 1. The highest BCUT2D eigenvalue weighted by Gasteiger charge is 2.55. The molecule has 0 unspecified atom stereocenters. The second kappa shape index (κ2) is 8.00. The van der Waals surface area contributed by atoms with Gasteiger partial charge in [-0.2, -0.15) is 0 Å². The third-order valence-corrected chi connectivity index (χ3v) is 6.64. The van der Waals surface area contributed by atoms with E-state index >= 15 is 0 Å². The van der Waals surface area contributed by atoms with Gasteiger partial charge in [0.15, 0.2) is 0 Å². The van der Waals surface area contributed by atoms with Crippen molar-refractivity contribution in [2.75, 3.05) is 24.5 Å². The lowest BCUT2D eigenvalue weighted by atomic mass is 9.73. The minimum atomic E-state index is -0.816. The average Bonchev–Trinajstić information content (AvgIpc) is 2.96. The zero-order valence-corrected chi connectivity index (χ0v) is 16.9. The molecule has 8 heteroatoms. The molecule has 1 saturated carbocycles. The highest BCUT2D eigenvalue weighted by molar-refractivity contribution is 6.09. The number of piperidine rings is 1. The first-order valence-corrected chi connectivity index (χ1v) is 10.6. The van der Waals surface area contributed by atoms with E-state index in [2.05, 4.69) is 20.5 Å². The van der Waals surface area contributed by atoms with Crippen molar-refractivity contribution in [3.8, 4) is 0 Å². The predicted octanol–water partition coefficient (Wildman–Crippen LogP) is 1.67. The largest absolute Gasteiger partial charge is 0.356 e. The monoisotopic (exact) mass is 399 g/mol. The second-order valence-corrected chi connectivity index (χ2v) is 8.46. The fraction of sp³-hybridized carbons (Fsp3) is 0.619. The Morgan fingerprint density at radius 3 is 2.72 bits per heavy atom. The van der Waals surface area contributed by atoms with Crippen LogP contribution in [0.25, 0.3) is 0 Å². The van der Waals surface area contributed by atoms with Crippen molar-refractivity contribution in [1.29, 1.82) is 0 Å². The van der Waals surface area contributed by atoms with E-state index in [0.29, 0.717) is 6.42 Å². The van der Waals surface area contributed by atoms with E-state index < -0.39 is 11.6 Å². The number of hydrogen-bond acceptors (Lipinski definition) is 5. The number of nitrogens with zero attached hydrogens (tertiary/aromatic N) is 3. The molecule has 3 aliphatic rings. The number of urea groups is 1. The summed E-state index contributed by atoms with van der Waals surface area (Å²) in [6.07, 6.45) is 6.97. The van der Waals surface area contributed by atoms with Crippen LogP contribution in [0.4, 0.5) is 10.6 Å². The topological polar surface area (TPSA) is 94.6 Å². The van der Waals surface area contributed by atoms with Gasteiger partial charge in [-0.1, -0.05) is 25.8 Å². The molecule has 4 amide bonds. The summed E-state index contributed by atoms with van der Waals surface area (Å²) in [5.74, 6) is 0.528. The third kappa shape index (κ3) is 3.80. The number of hydrogen-bond donors (Lipinski definition) is 2. The summed E-state index contributed by atoms with van der Waals surface area (Å²) in [5, 5.41) is 5.90. The van der Waals surface area contributed by atoms with Gasteiger partial charge in [0.05, 0.1) is 0 Å². The Labute approximate surface area is 171 Å². The molecule has 0 bridgehead atoms. The summed E-state index contributed by atoms with van der Waals surface area (Å²) in [6.45, 7) is 3.42. The van der Waals surface area contributed by atoms with Gasteiger partial charge in [0.25, 0.3) is 5.91 Å². The van der Waals surface area contributed by atoms with Crippen molar-refractivity contribution in [2.45, 2.75) is 57.0 Å². The number of nitrogens with one attached hydrogen (secondary N) is 2. The quantitative estimate of drug-likeness (QED) is 0.751. The predicted molar refractivity (Wildman–Crippen MR) is 108 cm³/mol. The van der Waals surface area contributed by atoms with Crippen molar-refractivity contribution in [3.05, 3.63) is 24.4 Å². The van der Waals surface area contributed by atoms with Gasteiger partial charge < -0.3 is 15.5 Å². The summed E-state index contributed by atoms with van der Waals surface area (Å²) in [7, 11) is 0. The maximum absolute atomic E-state index is 13.0. The van der Waals surface area contributed by atoms with E-state index in [0.717, 1.165) is 55.9 Å². The Hall–Kier alpha value is -2.64. The minimum Gasteiger partial charge on any atom is -0.356 e. The lowest BCUT2D eigenvalue weighted by Crippen LogP contribution is -2.54. The normalized spacial score (nSPS) is 28.0. The molecule has 2 saturated heterocycles. The molecule has 2 aliphatic heterocycles. The van der Waals surface area contributed by atoms with Crippen LogP contribution in [0.1, 0.15) is 45.4 Å². The first kappa shape index (κ1) is 19.7. The van der Waals surface area contributed by atoms with Crippen LogP contribution in [0.3, 0.4) is 0 Å². The van der Waals surface area contributed by atoms with Crippen LogP contribution in [0, 0.1) is 5.92 Å². The van der Waals surface area contributed by atoms with Crippen LogP contribution in [0.5, 0.6) is 0 Å². The third-order valence-electron chi connectivity index (χ3n) is 6.64. The molecule has 1 spiro atoms. The van der Waals surface area contributed by atoms with Crippen LogP contribution in [0.2, 0.25) is 0 Å². The molecule has 1 aliphatic carbocycles. The Bertz CT molecular complexity index is 778. The van der Waals surface area contributed by atoms with Crippen LogP contribution in [-0.2, 0) is 9.59 Å². The zero-order valence-electron chi connectivity index (χ0n) is 16.9. The smallest absolute Gasteiger partial charge is 0.325 e. The Morgan fingerprint density at radius 1 is 1.24 bits per heavy atom. The standard InChI is InChI=1S/C21H29N5O3/c1-15-6-2-4-10-21(15)19(28)26(20(29)24-21)14-18(27)23-16-8-12-25(13-9-16)17-7-3-5-11-22-17/h3,5,7,11,15-16H,2,4,6,8-10,12-14H2,1H3,(H,23,27)(H,24,29)/t15-,21+/m0/s1. The molecule has 0 radical (unpaired) electrons. The minimum absolute atomic E-state index is 0.0470. The van der Waals surface area contributed by atoms with E-state index in [-0.39, 0.29) is 30.3 Å². The maximum atomic E-state index is 13.0. The molecule has 4 rings (SSSR count). The molecular formula is C21H29N5O3. The SMILES string of the molecule is C[C@H]1CCCC[C@@]12NC(=O)N(CC(=O)NC1CCN(c3ccccn3)CC1)C2=O. The molecule has 0 aromatic carbocycles. The van der Waals surface area contributed by atoms with E-state index in [9.17, 15) is 14.4 Å². The van der Waals surface area contributed by atoms with Gasteiger partial charge in [-0.3, -0.25) is 14.5 Å². The molecular weight excluding hydrogens is 370 g/mol. The number of carbonyl (C=O) groups excluding carboxylic acids is 3. The highest BCUT2D eigenvalue weighted by Crippen LogP contribution is 2.38. The summed E-state index contributed by atoms with van der Waals surface area (Å²) in [4.78, 5) is 45.6. The molecule has 156 valence electrons. The van der Waals surface area contributed by atoms with E-state index in [1.54, 1.807) is 6.20 Å². The molecule has 2 atom stereocenters. The van der Waals surface area contributed by atoms with Crippen LogP contribution in [0.15, 0.2) is 24.4 Å². The summed E-state index contributed by atoms with van der Waals surface area (Å²) in [5.41, 5.74) is -0.816. The molecule has 1 aromatic rings. The van der Waals surface area contributed by atoms with Crippen molar-refractivity contribution < 1.29 is 14.4 Å². The number of imide groups is 1. The molecule has 2 N–H and O–H groups in total. The van der Waals surface area contributed by atoms with Gasteiger partial charge in [0, 0.05) is 25.3 Å². The Morgan fingerprint density at radius 2 is 2.03 bits per heavy atom. The lowest BCUT2D eigenvalue weighted by molar-refractivity contribution is -0.137. The van der Waals surface area contributed by atoms with Gasteiger partial charge in [0.1, 0.15) is 17.9 Å². The van der Waals surface area contributed by atoms with Crippen LogP contribution >= 0.6 is 0 Å². The van der Waals surface area contributed by atoms with Gasteiger partial charge in [-0.15, -0.1) is 0 Å². The molecule has 3 fully saturated rings. The Kier molecular flexibility index (Phi) is 5.43. The molecule has 1 aromatic heterocycles. The van der Waals surface area contributed by atoms with Crippen molar-refractivity contribution >= 4 is 23.7 Å². The second-order valence-electron chi connectivity index (χ2n) is 8.46. The number of carbonyl (C=O) groups is 3. The van der Waals surface area contributed by atoms with E-state index in [1.165, 1.54) is 0 Å². The van der Waals surface area contributed by atoms with Crippen LogP contribution < -0.4 is 15.5 Å². The van der Waals surface area contributed by atoms with Crippen LogP contribution in [-0.4, -0.2) is 58.9 Å². The number of pyridine rings is 1. The summed E-state index contributed by atoms with van der Waals surface area (Å²) < 4.78 is 0. The molecule has 29 heavy (non-hydrogen) atoms. The highest BCUT2D eigenvalue weighted by atomic mass is 16.2. The zero-order chi connectivity index (χ0) is 20.4. The number of amides is 4.